The van der Waals surface area contributed by atoms with Gasteiger partial charge in [-0.15, -0.1) is 0 Å². The number of guanidine groups is 1. The number of nitrogens with one attached hydrogen (secondary N) is 1. The van der Waals surface area contributed by atoms with E-state index in [1.807, 2.05) is 13.8 Å². The first-order valence-corrected chi connectivity index (χ1v) is 8.10. The lowest BCUT2D eigenvalue weighted by Gasteiger charge is -2.44. The molecule has 134 valence electrons. The van der Waals surface area contributed by atoms with Crippen LogP contribution in [0.5, 0.6) is 0 Å². The maximum absolute atomic E-state index is 13.6. The molecule has 1 fully saturated rings. The molecule has 0 radical (unpaired) electrons. The molecular weight excluding hydrogens is 314 g/mol. The van der Waals surface area contributed by atoms with Crippen LogP contribution in [-0.2, 0) is 4.74 Å². The lowest BCUT2D eigenvalue weighted by Crippen LogP contribution is -2.56. The molecule has 2 atom stereocenters. The molecule has 0 aliphatic carbocycles. The summed E-state index contributed by atoms with van der Waals surface area (Å²) < 4.78 is 32.6. The van der Waals surface area contributed by atoms with Crippen molar-refractivity contribution in [2.45, 2.75) is 45.4 Å². The first-order valence-electron chi connectivity index (χ1n) is 8.10. The number of morpholine rings is 1. The van der Waals surface area contributed by atoms with Gasteiger partial charge in [0.1, 0.15) is 11.6 Å². The Balaban J connectivity index is 2.01. The van der Waals surface area contributed by atoms with E-state index in [-0.39, 0.29) is 29.4 Å². The van der Waals surface area contributed by atoms with E-state index in [9.17, 15) is 8.78 Å². The van der Waals surface area contributed by atoms with Crippen LogP contribution in [0.1, 0.15) is 27.7 Å². The first-order chi connectivity index (χ1) is 11.2. The van der Waals surface area contributed by atoms with Crippen LogP contribution < -0.4 is 11.1 Å². The van der Waals surface area contributed by atoms with Gasteiger partial charge in [-0.25, -0.2) is 8.78 Å². The van der Waals surface area contributed by atoms with Crippen molar-refractivity contribution in [2.24, 2.45) is 10.7 Å². The van der Waals surface area contributed by atoms with Gasteiger partial charge in [0.2, 0.25) is 0 Å². The minimum absolute atomic E-state index is 0.0253. The predicted octanol–water partition coefficient (Wildman–Crippen LogP) is 2.58. The predicted molar refractivity (Wildman–Crippen MR) is 92.1 cm³/mol. The van der Waals surface area contributed by atoms with Gasteiger partial charge in [-0.3, -0.25) is 9.89 Å². The van der Waals surface area contributed by atoms with Crippen molar-refractivity contribution >= 4 is 11.6 Å². The Kier molecular flexibility index (Phi) is 5.77. The largest absolute Gasteiger partial charge is 0.373 e. The molecule has 3 N–H and O–H groups in total. The topological polar surface area (TPSA) is 62.9 Å². The molecule has 24 heavy (non-hydrogen) atoms. The van der Waals surface area contributed by atoms with Crippen molar-refractivity contribution in [2.75, 3.05) is 25.0 Å². The van der Waals surface area contributed by atoms with Crippen molar-refractivity contribution < 1.29 is 13.5 Å². The number of aliphatic imine (C=N–C) groups is 1. The third-order valence-corrected chi connectivity index (χ3v) is 4.10. The van der Waals surface area contributed by atoms with E-state index in [0.717, 1.165) is 31.3 Å². The quantitative estimate of drug-likeness (QED) is 0.653. The molecule has 1 aliphatic heterocycles. The lowest BCUT2D eigenvalue weighted by atomic mass is 10.0. The van der Waals surface area contributed by atoms with Gasteiger partial charge in [0.15, 0.2) is 5.96 Å². The van der Waals surface area contributed by atoms with Gasteiger partial charge in [-0.1, -0.05) is 0 Å². The summed E-state index contributed by atoms with van der Waals surface area (Å²) in [4.78, 5) is 6.61. The fourth-order valence-electron chi connectivity index (χ4n) is 2.82. The minimum atomic E-state index is -0.579. The van der Waals surface area contributed by atoms with Crippen LogP contribution in [0.2, 0.25) is 0 Å². The van der Waals surface area contributed by atoms with Gasteiger partial charge in [0.05, 0.1) is 24.4 Å². The van der Waals surface area contributed by atoms with Crippen LogP contribution in [0.4, 0.5) is 14.5 Å². The smallest absolute Gasteiger partial charge is 0.193 e. The summed E-state index contributed by atoms with van der Waals surface area (Å²) >= 11 is 0. The summed E-state index contributed by atoms with van der Waals surface area (Å²) in [7, 11) is 0. The second-order valence-corrected chi connectivity index (χ2v) is 6.93. The molecular formula is C17H26F2N4O. The number of halogens is 2. The lowest BCUT2D eigenvalue weighted by molar-refractivity contribution is -0.0939. The van der Waals surface area contributed by atoms with Gasteiger partial charge in [0, 0.05) is 24.7 Å². The molecule has 1 aromatic rings. The van der Waals surface area contributed by atoms with E-state index >= 15 is 0 Å². The number of rotatable bonds is 4. The molecule has 2 unspecified atom stereocenters. The summed E-state index contributed by atoms with van der Waals surface area (Å²) in [6.07, 6.45) is 0.322. The molecule has 0 spiro atoms. The Morgan fingerprint density at radius 3 is 2.58 bits per heavy atom. The van der Waals surface area contributed by atoms with Gasteiger partial charge in [-0.2, -0.15) is 0 Å². The number of nitrogens with zero attached hydrogens (tertiary/aromatic N) is 2. The number of hydrogen-bond donors (Lipinski definition) is 2. The highest BCUT2D eigenvalue weighted by Gasteiger charge is 2.33. The fourth-order valence-corrected chi connectivity index (χ4v) is 2.82. The molecule has 7 heteroatoms. The molecule has 1 aliphatic rings. The summed E-state index contributed by atoms with van der Waals surface area (Å²) in [6, 6.07) is 3.15. The van der Waals surface area contributed by atoms with E-state index in [1.54, 1.807) is 0 Å². The van der Waals surface area contributed by atoms with E-state index in [1.165, 1.54) is 0 Å². The Labute approximate surface area is 141 Å². The molecule has 5 nitrogen and oxygen atoms in total. The minimum Gasteiger partial charge on any atom is -0.373 e. The van der Waals surface area contributed by atoms with Gasteiger partial charge in [0.25, 0.3) is 0 Å². The Morgan fingerprint density at radius 1 is 1.33 bits per heavy atom. The first kappa shape index (κ1) is 18.6. The Bertz CT molecular complexity index is 596. The van der Waals surface area contributed by atoms with Gasteiger partial charge >= 0.3 is 0 Å². The highest BCUT2D eigenvalue weighted by molar-refractivity contribution is 5.92. The zero-order chi connectivity index (χ0) is 17.9. The van der Waals surface area contributed by atoms with E-state index in [0.29, 0.717) is 6.54 Å². The highest BCUT2D eigenvalue weighted by Crippen LogP contribution is 2.22. The fraction of sp³-hybridized carbons (Fsp3) is 0.588. The van der Waals surface area contributed by atoms with Crippen LogP contribution >= 0.6 is 0 Å². The Hall–Kier alpha value is -1.73. The van der Waals surface area contributed by atoms with E-state index in [2.05, 4.69) is 29.1 Å². The average molecular weight is 340 g/mol. The summed E-state index contributed by atoms with van der Waals surface area (Å²) in [5.41, 5.74) is 5.57. The second-order valence-electron chi connectivity index (χ2n) is 6.93. The third-order valence-electron chi connectivity index (χ3n) is 4.10. The van der Waals surface area contributed by atoms with Crippen LogP contribution in [-0.4, -0.2) is 48.2 Å². The second kappa shape index (κ2) is 7.44. The molecule has 1 heterocycles. The van der Waals surface area contributed by atoms with Crippen LogP contribution in [0.15, 0.2) is 23.2 Å². The number of nitrogens with two attached hydrogens (primary N) is 1. The third kappa shape index (κ3) is 4.88. The van der Waals surface area contributed by atoms with Crippen molar-refractivity contribution in [1.29, 1.82) is 0 Å². The molecule has 1 saturated heterocycles. The van der Waals surface area contributed by atoms with Gasteiger partial charge < -0.3 is 15.8 Å². The van der Waals surface area contributed by atoms with Crippen LogP contribution in [0.3, 0.4) is 0 Å². The number of hydrogen-bond acceptors (Lipinski definition) is 3. The zero-order valence-corrected chi connectivity index (χ0v) is 14.6. The molecule has 0 saturated carbocycles. The molecule has 0 amide bonds. The Morgan fingerprint density at radius 2 is 1.96 bits per heavy atom. The molecule has 2 rings (SSSR count). The van der Waals surface area contributed by atoms with Crippen LogP contribution in [0.25, 0.3) is 0 Å². The highest BCUT2D eigenvalue weighted by atomic mass is 19.1. The van der Waals surface area contributed by atoms with Crippen molar-refractivity contribution in [3.63, 3.8) is 0 Å². The van der Waals surface area contributed by atoms with Crippen molar-refractivity contribution in [1.82, 2.24) is 4.90 Å². The molecule has 0 aromatic heterocycles. The van der Waals surface area contributed by atoms with Crippen molar-refractivity contribution in [3.8, 4) is 0 Å². The number of ether oxygens (including phenoxy) is 1. The van der Waals surface area contributed by atoms with E-state index in [4.69, 9.17) is 10.5 Å². The zero-order valence-electron chi connectivity index (χ0n) is 14.6. The summed E-state index contributed by atoms with van der Waals surface area (Å²) in [5, 5.41) is 2.61. The summed E-state index contributed by atoms with van der Waals surface area (Å²) in [6.45, 7) is 10.3. The maximum atomic E-state index is 13.6. The van der Waals surface area contributed by atoms with E-state index < -0.39 is 11.6 Å². The SMILES string of the molecule is CC1CN(C(C)(C)CN=C(N)Nc2cc(F)ccc2F)CC(C)O1. The standard InChI is InChI=1S/C17H26F2N4O/c1-11-8-23(9-12(2)24-11)17(3,4)10-21-16(20)22-15-7-13(18)5-6-14(15)19/h5-7,11-12H,8-10H2,1-4H3,(H3,20,21,22). The average Bonchev–Trinajstić information content (AvgIpc) is 2.48. The normalized spacial score (nSPS) is 23.3. The van der Waals surface area contributed by atoms with Gasteiger partial charge in [-0.05, 0) is 39.8 Å². The summed E-state index contributed by atoms with van der Waals surface area (Å²) in [5.74, 6) is -1.06. The van der Waals surface area contributed by atoms with Crippen LogP contribution in [0, 0.1) is 11.6 Å². The molecule has 0 bridgehead atoms. The maximum Gasteiger partial charge on any atom is 0.193 e. The molecule has 1 aromatic carbocycles. The number of benzene rings is 1. The monoisotopic (exact) mass is 340 g/mol. The van der Waals surface area contributed by atoms with Crippen molar-refractivity contribution in [3.05, 3.63) is 29.8 Å². The number of anilines is 1.